The zero-order valence-electron chi connectivity index (χ0n) is 25.0. The van der Waals surface area contributed by atoms with Gasteiger partial charge in [0.05, 0.1) is 6.10 Å². The van der Waals surface area contributed by atoms with Gasteiger partial charge in [-0.3, -0.25) is 4.57 Å². The third-order valence-corrected chi connectivity index (χ3v) is 7.68. The van der Waals surface area contributed by atoms with E-state index in [2.05, 4.69) is 14.6 Å². The molecule has 0 radical (unpaired) electrons. The minimum atomic E-state index is -4.73. The third kappa shape index (κ3) is 10.1. The topological polar surface area (TPSA) is 121 Å². The number of imidazole rings is 1. The fourth-order valence-electron chi connectivity index (χ4n) is 4.93. The van der Waals surface area contributed by atoms with Gasteiger partial charge in [-0.25, -0.2) is 0 Å². The maximum absolute atomic E-state index is 12.3. The average Bonchev–Trinajstić information content (AvgIpc) is 3.43. The van der Waals surface area contributed by atoms with E-state index in [0.29, 0.717) is 17.1 Å². The summed E-state index contributed by atoms with van der Waals surface area (Å²) in [6, 6.07) is 20.4. The zero-order chi connectivity index (χ0) is 33.4. The molecule has 1 aliphatic rings. The van der Waals surface area contributed by atoms with E-state index in [9.17, 15) is 28.4 Å². The number of halogens is 4. The van der Waals surface area contributed by atoms with Crippen molar-refractivity contribution in [3.05, 3.63) is 100.0 Å². The number of alkyl halides is 3. The molecule has 0 aliphatic carbocycles. The fraction of sp³-hybridized carbons (Fsp3) is 0.344. The molecule has 47 heavy (non-hydrogen) atoms. The quantitative estimate of drug-likeness (QED) is 0.114. The molecular weight excluding hydrogens is 645 g/mol. The molecule has 1 atom stereocenters. The number of nitro groups is 1. The summed E-state index contributed by atoms with van der Waals surface area (Å²) in [6.45, 7) is 2.13. The van der Waals surface area contributed by atoms with Gasteiger partial charge in [0.2, 0.25) is 0 Å². The lowest BCUT2D eigenvalue weighted by atomic mass is 10.1. The number of piperidine rings is 1. The first-order chi connectivity index (χ1) is 22.5. The van der Waals surface area contributed by atoms with E-state index >= 15 is 0 Å². The van der Waals surface area contributed by atoms with Crippen LogP contribution in [0.5, 0.6) is 23.0 Å². The van der Waals surface area contributed by atoms with E-state index in [4.69, 9.17) is 25.8 Å². The summed E-state index contributed by atoms with van der Waals surface area (Å²) in [4.78, 5) is 16.1. The molecule has 0 unspecified atom stereocenters. The normalized spacial score (nSPS) is 14.4. The Labute approximate surface area is 273 Å². The first kappa shape index (κ1) is 33.7. The van der Waals surface area contributed by atoms with Gasteiger partial charge >= 0.3 is 17.5 Å². The third-order valence-electron chi connectivity index (χ3n) is 7.38. The second-order valence-corrected chi connectivity index (χ2v) is 11.2. The number of nitrogens with zero attached hydrogens (tertiary/aromatic N) is 4. The lowest BCUT2D eigenvalue weighted by Crippen LogP contribution is -2.38. The summed E-state index contributed by atoms with van der Waals surface area (Å²) in [5.74, 6) is 1.32. The number of aliphatic hydroxyl groups excluding tert-OH is 1. The summed E-state index contributed by atoms with van der Waals surface area (Å²) in [5, 5.41) is 21.1. The summed E-state index contributed by atoms with van der Waals surface area (Å²) < 4.78 is 59.9. The first-order valence-corrected chi connectivity index (χ1v) is 15.2. The molecule has 0 bridgehead atoms. The summed E-state index contributed by atoms with van der Waals surface area (Å²) in [7, 11) is 0. The van der Waals surface area contributed by atoms with Gasteiger partial charge in [-0.05, 0) is 94.2 Å². The average molecular weight is 677 g/mol. The Morgan fingerprint density at radius 1 is 0.936 bits per heavy atom. The highest BCUT2D eigenvalue weighted by atomic mass is 35.5. The van der Waals surface area contributed by atoms with Crippen molar-refractivity contribution < 1.29 is 42.1 Å². The van der Waals surface area contributed by atoms with Crippen LogP contribution in [0.2, 0.25) is 5.28 Å². The number of aliphatic hydroxyl groups is 1. The van der Waals surface area contributed by atoms with Crippen LogP contribution in [0.3, 0.4) is 0 Å². The van der Waals surface area contributed by atoms with Gasteiger partial charge in [0.25, 0.3) is 0 Å². The number of rotatable bonds is 14. The smallest absolute Gasteiger partial charge is 0.491 e. The number of aryl methyl sites for hydroxylation is 1. The van der Waals surface area contributed by atoms with Crippen LogP contribution in [0.4, 0.5) is 24.7 Å². The number of ether oxygens (including phenoxy) is 4. The molecule has 1 aliphatic heterocycles. The van der Waals surface area contributed by atoms with Crippen molar-refractivity contribution in [2.24, 2.45) is 0 Å². The van der Waals surface area contributed by atoms with E-state index < -0.39 is 17.4 Å². The zero-order valence-corrected chi connectivity index (χ0v) is 25.8. The van der Waals surface area contributed by atoms with Crippen molar-refractivity contribution in [1.29, 1.82) is 0 Å². The molecule has 4 aromatic rings. The number of benzene rings is 3. The SMILES string of the molecule is O=[N+]([O-])c1cn(CC[C@@H](O)COc2ccc(N3CCC(Oc4ccc(OCc5ccc(OC(F)(F)F)cc5)cc4)CC3)cc2)c(Cl)n1. The van der Waals surface area contributed by atoms with E-state index in [1.54, 1.807) is 12.1 Å². The molecule has 0 spiro atoms. The second-order valence-electron chi connectivity index (χ2n) is 10.8. The number of hydrogen-bond acceptors (Lipinski definition) is 9. The standard InChI is InChI=1S/C32H32ClF3N4O7/c33-31-37-30(40(42)43)19-39(31)16-13-24(41)21-45-25-7-3-23(4-8-25)38-17-14-28(15-18-38)46-27-11-9-26(10-12-27)44-20-22-1-5-29(6-2-22)47-32(34,35)36/h1-12,19,24,28,41H,13-18,20-21H2/t24-/m1/s1. The largest absolute Gasteiger partial charge is 0.573 e. The van der Waals surface area contributed by atoms with Crippen LogP contribution >= 0.6 is 11.6 Å². The number of anilines is 1. The van der Waals surface area contributed by atoms with Gasteiger partial charge in [0, 0.05) is 38.2 Å². The predicted octanol–water partition coefficient (Wildman–Crippen LogP) is 6.80. The molecule has 3 aromatic carbocycles. The maximum Gasteiger partial charge on any atom is 0.573 e. The van der Waals surface area contributed by atoms with Crippen molar-refractivity contribution in [1.82, 2.24) is 9.55 Å². The Kier molecular flexibility index (Phi) is 10.9. The van der Waals surface area contributed by atoms with Gasteiger partial charge in [-0.15, -0.1) is 13.2 Å². The molecule has 15 heteroatoms. The molecular formula is C32H32ClF3N4O7. The Bertz CT molecular complexity index is 1600. The van der Waals surface area contributed by atoms with Crippen molar-refractivity contribution in [2.45, 2.75) is 51.0 Å². The van der Waals surface area contributed by atoms with E-state index in [1.165, 1.54) is 35.0 Å². The van der Waals surface area contributed by atoms with E-state index in [-0.39, 0.29) is 49.1 Å². The predicted molar refractivity (Wildman–Crippen MR) is 166 cm³/mol. The van der Waals surface area contributed by atoms with Crippen LogP contribution in [0.25, 0.3) is 0 Å². The second kappa shape index (κ2) is 15.3. The number of hydrogen-bond donors (Lipinski definition) is 1. The highest BCUT2D eigenvalue weighted by Crippen LogP contribution is 2.27. The van der Waals surface area contributed by atoms with Crippen LogP contribution in [-0.2, 0) is 13.2 Å². The highest BCUT2D eigenvalue weighted by Gasteiger charge is 2.31. The molecule has 2 heterocycles. The molecule has 250 valence electrons. The summed E-state index contributed by atoms with van der Waals surface area (Å²) in [5.41, 5.74) is 1.76. The molecule has 5 rings (SSSR count). The Morgan fingerprint density at radius 3 is 2.15 bits per heavy atom. The Morgan fingerprint density at radius 2 is 1.53 bits per heavy atom. The Balaban J connectivity index is 0.996. The van der Waals surface area contributed by atoms with Crippen LogP contribution < -0.4 is 23.8 Å². The van der Waals surface area contributed by atoms with Crippen LogP contribution in [-0.4, -0.2) is 57.8 Å². The van der Waals surface area contributed by atoms with E-state index in [1.807, 2.05) is 36.4 Å². The van der Waals surface area contributed by atoms with Crippen molar-refractivity contribution in [2.75, 3.05) is 24.6 Å². The molecule has 1 N–H and O–H groups in total. The van der Waals surface area contributed by atoms with Crippen molar-refractivity contribution in [3.63, 3.8) is 0 Å². The number of aromatic nitrogens is 2. The van der Waals surface area contributed by atoms with Crippen LogP contribution in [0.15, 0.2) is 79.0 Å². The molecule has 0 amide bonds. The molecule has 1 saturated heterocycles. The van der Waals surface area contributed by atoms with Gasteiger partial charge in [-0.1, -0.05) is 12.1 Å². The maximum atomic E-state index is 12.3. The van der Waals surface area contributed by atoms with Crippen molar-refractivity contribution >= 4 is 23.1 Å². The fourth-order valence-corrected chi connectivity index (χ4v) is 5.15. The lowest BCUT2D eigenvalue weighted by molar-refractivity contribution is -0.389. The monoisotopic (exact) mass is 676 g/mol. The highest BCUT2D eigenvalue weighted by molar-refractivity contribution is 6.28. The van der Waals surface area contributed by atoms with E-state index in [0.717, 1.165) is 37.4 Å². The van der Waals surface area contributed by atoms with Crippen LogP contribution in [0, 0.1) is 10.1 Å². The minimum Gasteiger partial charge on any atom is -0.491 e. The molecule has 1 aromatic heterocycles. The molecule has 11 nitrogen and oxygen atoms in total. The molecule has 1 fully saturated rings. The van der Waals surface area contributed by atoms with Gasteiger partial charge < -0.3 is 39.1 Å². The summed E-state index contributed by atoms with van der Waals surface area (Å²) >= 11 is 5.91. The minimum absolute atomic E-state index is 0.0103. The summed E-state index contributed by atoms with van der Waals surface area (Å²) in [6.07, 6.45) is -2.29. The Hall–Kier alpha value is -4.69. The van der Waals surface area contributed by atoms with Crippen LogP contribution in [0.1, 0.15) is 24.8 Å². The van der Waals surface area contributed by atoms with Gasteiger partial charge in [0.1, 0.15) is 48.5 Å². The molecule has 0 saturated carbocycles. The lowest BCUT2D eigenvalue weighted by Gasteiger charge is -2.33. The van der Waals surface area contributed by atoms with Crippen molar-refractivity contribution in [3.8, 4) is 23.0 Å². The van der Waals surface area contributed by atoms with Gasteiger partial charge in [0.15, 0.2) is 0 Å². The van der Waals surface area contributed by atoms with Gasteiger partial charge in [-0.2, -0.15) is 0 Å². The first-order valence-electron chi connectivity index (χ1n) is 14.8.